The van der Waals surface area contributed by atoms with Crippen LogP contribution in [0.2, 0.25) is 0 Å². The second kappa shape index (κ2) is 4.82. The third-order valence-corrected chi connectivity index (χ3v) is 4.54. The Morgan fingerprint density at radius 2 is 1.95 bits per heavy atom. The van der Waals surface area contributed by atoms with E-state index in [9.17, 15) is 4.79 Å². The van der Waals surface area contributed by atoms with E-state index in [0.717, 1.165) is 29.2 Å². The number of hydrogen-bond donors (Lipinski definition) is 1. The van der Waals surface area contributed by atoms with E-state index in [1.807, 2.05) is 31.2 Å². The van der Waals surface area contributed by atoms with E-state index >= 15 is 0 Å². The molecule has 3 heteroatoms. The lowest BCUT2D eigenvalue weighted by Crippen LogP contribution is -2.43. The van der Waals surface area contributed by atoms with E-state index in [0.29, 0.717) is 6.42 Å². The third-order valence-electron chi connectivity index (χ3n) is 4.54. The largest absolute Gasteiger partial charge is 0.296 e. The van der Waals surface area contributed by atoms with Crippen molar-refractivity contribution in [1.82, 2.24) is 0 Å². The summed E-state index contributed by atoms with van der Waals surface area (Å²) in [4.78, 5) is 12.7. The van der Waals surface area contributed by atoms with Crippen LogP contribution >= 0.6 is 0 Å². The first-order valence-electron chi connectivity index (χ1n) is 7.06. The fraction of sp³-hybridized carbons (Fsp3) is 0.353. The molecule has 2 aromatic carbocycles. The minimum Gasteiger partial charge on any atom is -0.296 e. The Bertz CT molecular complexity index is 674. The highest BCUT2D eigenvalue weighted by Crippen LogP contribution is 2.40. The Kier molecular flexibility index (Phi) is 3.13. The number of nitrogens with zero attached hydrogens (tertiary/aromatic N) is 1. The Morgan fingerprint density at radius 3 is 2.75 bits per heavy atom. The normalized spacial score (nSPS) is 26.6. The van der Waals surface area contributed by atoms with Gasteiger partial charge in [0, 0.05) is 0 Å². The topological polar surface area (TPSA) is 53.3 Å². The first-order valence-corrected chi connectivity index (χ1v) is 7.06. The summed E-state index contributed by atoms with van der Waals surface area (Å²) in [6.07, 6.45) is 2.49. The van der Waals surface area contributed by atoms with Crippen molar-refractivity contribution >= 4 is 16.6 Å². The van der Waals surface area contributed by atoms with Gasteiger partial charge in [-0.2, -0.15) is 5.11 Å². The molecule has 1 saturated carbocycles. The maximum atomic E-state index is 12.7. The summed E-state index contributed by atoms with van der Waals surface area (Å²) < 4.78 is 0. The van der Waals surface area contributed by atoms with Crippen LogP contribution < -0.4 is 0 Å². The lowest BCUT2D eigenvalue weighted by atomic mass is 9.67. The maximum Gasteiger partial charge on any atom is 0.169 e. The molecule has 0 bridgehead atoms. The van der Waals surface area contributed by atoms with E-state index < -0.39 is 11.5 Å². The van der Waals surface area contributed by atoms with Gasteiger partial charge in [-0.25, -0.2) is 5.53 Å². The number of carbonyl (C=O) groups is 1. The van der Waals surface area contributed by atoms with Gasteiger partial charge in [0.25, 0.3) is 0 Å². The molecule has 0 radical (unpaired) electrons. The average molecular weight is 266 g/mol. The molecule has 2 atom stereocenters. The second-order valence-corrected chi connectivity index (χ2v) is 5.76. The Balaban J connectivity index is 2.18. The molecule has 3 rings (SSSR count). The molecule has 0 aromatic heterocycles. The van der Waals surface area contributed by atoms with Gasteiger partial charge in [0.1, 0.15) is 6.04 Å². The Morgan fingerprint density at radius 1 is 1.20 bits per heavy atom. The molecule has 102 valence electrons. The molecule has 1 fully saturated rings. The first-order chi connectivity index (χ1) is 9.66. The van der Waals surface area contributed by atoms with E-state index in [2.05, 4.69) is 23.3 Å². The van der Waals surface area contributed by atoms with Gasteiger partial charge in [0.15, 0.2) is 5.78 Å². The lowest BCUT2D eigenvalue weighted by molar-refractivity contribution is -0.127. The van der Waals surface area contributed by atoms with Gasteiger partial charge in [-0.05, 0) is 42.5 Å². The summed E-state index contributed by atoms with van der Waals surface area (Å²) in [6, 6.07) is 13.8. The highest BCUT2D eigenvalue weighted by molar-refractivity contribution is 5.99. The molecule has 1 N–H and O–H groups in total. The van der Waals surface area contributed by atoms with Crippen LogP contribution in [0.5, 0.6) is 0 Å². The fourth-order valence-electron chi connectivity index (χ4n) is 3.37. The van der Waals surface area contributed by atoms with E-state index in [1.165, 1.54) is 0 Å². The molecule has 1 aliphatic carbocycles. The molecule has 1 aliphatic rings. The molecule has 20 heavy (non-hydrogen) atoms. The zero-order valence-electron chi connectivity index (χ0n) is 11.6. The van der Waals surface area contributed by atoms with Crippen LogP contribution in [0, 0.1) is 5.53 Å². The van der Waals surface area contributed by atoms with Crippen LogP contribution in [-0.4, -0.2) is 11.8 Å². The number of ketones is 1. The zero-order chi connectivity index (χ0) is 14.2. The predicted molar refractivity (Wildman–Crippen MR) is 79.1 cm³/mol. The van der Waals surface area contributed by atoms with Crippen molar-refractivity contribution in [3.8, 4) is 0 Å². The molecule has 0 saturated heterocycles. The molecule has 0 aliphatic heterocycles. The quantitative estimate of drug-likeness (QED) is 0.812. The van der Waals surface area contributed by atoms with Crippen LogP contribution in [0.4, 0.5) is 0 Å². The molecule has 0 amide bonds. The molecule has 3 nitrogen and oxygen atoms in total. The summed E-state index contributed by atoms with van der Waals surface area (Å²) in [5, 5.41) is 5.82. The molecular formula is C17H18N2O. The Labute approximate surface area is 118 Å². The van der Waals surface area contributed by atoms with Gasteiger partial charge in [-0.15, -0.1) is 0 Å². The van der Waals surface area contributed by atoms with Crippen LogP contribution in [0.3, 0.4) is 0 Å². The number of benzene rings is 2. The number of Topliss-reactive ketones (excluding diaryl/α,β-unsaturated/α-hetero) is 1. The van der Waals surface area contributed by atoms with Gasteiger partial charge in [0.05, 0.1) is 5.41 Å². The number of hydrogen-bond acceptors (Lipinski definition) is 3. The number of carbonyl (C=O) groups excluding carboxylic acids is 1. The van der Waals surface area contributed by atoms with Gasteiger partial charge in [-0.1, -0.05) is 42.5 Å². The van der Waals surface area contributed by atoms with Gasteiger partial charge >= 0.3 is 0 Å². The summed E-state index contributed by atoms with van der Waals surface area (Å²) in [6.45, 7) is 2.01. The number of fused-ring (bicyclic) bond motifs is 1. The number of nitrogens with one attached hydrogen (secondary N) is 1. The van der Waals surface area contributed by atoms with Crippen LogP contribution in [-0.2, 0) is 10.2 Å². The highest BCUT2D eigenvalue weighted by Gasteiger charge is 2.43. The zero-order valence-corrected chi connectivity index (χ0v) is 11.6. The third kappa shape index (κ3) is 1.85. The van der Waals surface area contributed by atoms with Crippen molar-refractivity contribution in [3.63, 3.8) is 0 Å². The second-order valence-electron chi connectivity index (χ2n) is 5.76. The minimum absolute atomic E-state index is 0.0927. The Hall–Kier alpha value is -2.03. The fourth-order valence-corrected chi connectivity index (χ4v) is 3.37. The standard InChI is InChI=1S/C17H18N2O/c1-17(11-5-10-15(19-18)16(17)20)14-9-4-7-12-6-2-3-8-13(12)14/h2-4,6-9,15,18H,5,10-11H2,1H3. The van der Waals surface area contributed by atoms with Crippen molar-refractivity contribution in [3.05, 3.63) is 48.0 Å². The van der Waals surface area contributed by atoms with E-state index in [1.54, 1.807) is 0 Å². The summed E-state index contributed by atoms with van der Waals surface area (Å²) >= 11 is 0. The predicted octanol–water partition coefficient (Wildman–Crippen LogP) is 4.25. The molecular weight excluding hydrogens is 248 g/mol. The van der Waals surface area contributed by atoms with E-state index in [-0.39, 0.29) is 5.78 Å². The lowest BCUT2D eigenvalue weighted by Gasteiger charge is -2.35. The van der Waals surface area contributed by atoms with Crippen molar-refractivity contribution in [1.29, 1.82) is 5.53 Å². The summed E-state index contributed by atoms with van der Waals surface area (Å²) in [7, 11) is 0. The maximum absolute atomic E-state index is 12.7. The smallest absolute Gasteiger partial charge is 0.169 e. The van der Waals surface area contributed by atoms with Gasteiger partial charge in [-0.3, -0.25) is 4.79 Å². The first kappa shape index (κ1) is 13.0. The number of rotatable bonds is 2. The summed E-state index contributed by atoms with van der Waals surface area (Å²) in [5.41, 5.74) is 7.79. The highest BCUT2D eigenvalue weighted by atomic mass is 16.1. The molecule has 0 heterocycles. The van der Waals surface area contributed by atoms with Crippen molar-refractivity contribution < 1.29 is 4.79 Å². The SMILES string of the molecule is CC1(c2cccc3ccccc23)CCCC(N=N)C1=O. The minimum atomic E-state index is -0.520. The van der Waals surface area contributed by atoms with Crippen molar-refractivity contribution in [2.24, 2.45) is 5.11 Å². The van der Waals surface area contributed by atoms with Gasteiger partial charge < -0.3 is 0 Å². The van der Waals surface area contributed by atoms with Gasteiger partial charge in [0.2, 0.25) is 0 Å². The monoisotopic (exact) mass is 266 g/mol. The van der Waals surface area contributed by atoms with Crippen LogP contribution in [0.25, 0.3) is 10.8 Å². The van der Waals surface area contributed by atoms with Crippen LogP contribution in [0.15, 0.2) is 47.6 Å². The van der Waals surface area contributed by atoms with Crippen molar-refractivity contribution in [2.75, 3.05) is 0 Å². The van der Waals surface area contributed by atoms with Crippen LogP contribution in [0.1, 0.15) is 31.7 Å². The molecule has 2 unspecified atom stereocenters. The van der Waals surface area contributed by atoms with Crippen molar-refractivity contribution in [2.45, 2.75) is 37.6 Å². The summed E-state index contributed by atoms with van der Waals surface area (Å²) in [5.74, 6) is 0.0927. The molecule has 2 aromatic rings. The average Bonchev–Trinajstić information content (AvgIpc) is 2.49. The molecule has 0 spiro atoms. The van der Waals surface area contributed by atoms with E-state index in [4.69, 9.17) is 5.53 Å².